The van der Waals surface area contributed by atoms with Crippen LogP contribution in [0.1, 0.15) is 49.4 Å². The molecule has 1 amide bonds. The highest BCUT2D eigenvalue weighted by Gasteiger charge is 2.35. The van der Waals surface area contributed by atoms with Crippen molar-refractivity contribution in [2.45, 2.75) is 50.7 Å². The summed E-state index contributed by atoms with van der Waals surface area (Å²) in [5, 5.41) is 12.3. The molecule has 0 aromatic heterocycles. The first-order chi connectivity index (χ1) is 11.5. The lowest BCUT2D eigenvalue weighted by Gasteiger charge is -2.32. The van der Waals surface area contributed by atoms with Crippen LogP contribution < -0.4 is 10.1 Å². The Balaban J connectivity index is 2.07. The van der Waals surface area contributed by atoms with Gasteiger partial charge in [0.2, 0.25) is 0 Å². The Labute approximate surface area is 141 Å². The number of methoxy groups -OCH3 is 1. The van der Waals surface area contributed by atoms with Crippen molar-refractivity contribution in [1.29, 1.82) is 5.26 Å². The summed E-state index contributed by atoms with van der Waals surface area (Å²) in [6.07, 6.45) is 3.41. The van der Waals surface area contributed by atoms with E-state index in [4.69, 9.17) is 9.47 Å². The minimum Gasteiger partial charge on any atom is -0.480 e. The monoisotopic (exact) mass is 330 g/mol. The number of para-hydroxylation sites is 1. The molecule has 6 heteroatoms. The van der Waals surface area contributed by atoms with E-state index in [0.717, 1.165) is 19.3 Å². The highest BCUT2D eigenvalue weighted by molar-refractivity contribution is 5.92. The first kappa shape index (κ1) is 17.8. The van der Waals surface area contributed by atoms with Crippen LogP contribution in [0.25, 0.3) is 0 Å². The number of benzene rings is 1. The first-order valence-corrected chi connectivity index (χ1v) is 8.08. The van der Waals surface area contributed by atoms with Gasteiger partial charge >= 0.3 is 5.97 Å². The van der Waals surface area contributed by atoms with Crippen LogP contribution in [-0.4, -0.2) is 30.6 Å². The molecule has 0 saturated heterocycles. The summed E-state index contributed by atoms with van der Waals surface area (Å²) in [4.78, 5) is 24.2. The van der Waals surface area contributed by atoms with Crippen molar-refractivity contribution >= 4 is 11.9 Å². The average Bonchev–Trinajstić information content (AvgIpc) is 2.62. The lowest BCUT2D eigenvalue weighted by Crippen LogP contribution is -2.52. The zero-order chi connectivity index (χ0) is 17.6. The SMILES string of the molecule is COC(=O)c1ccccc1O[C@@H](C)C(=O)NC1(C#N)CCCCC1. The van der Waals surface area contributed by atoms with Crippen molar-refractivity contribution in [2.24, 2.45) is 0 Å². The molecule has 1 fully saturated rings. The van der Waals surface area contributed by atoms with Gasteiger partial charge in [0.05, 0.1) is 13.2 Å². The van der Waals surface area contributed by atoms with Crippen molar-refractivity contribution in [3.05, 3.63) is 29.8 Å². The fourth-order valence-corrected chi connectivity index (χ4v) is 2.85. The molecule has 0 spiro atoms. The van der Waals surface area contributed by atoms with Crippen LogP contribution in [0.3, 0.4) is 0 Å². The lowest BCUT2D eigenvalue weighted by atomic mass is 9.83. The highest BCUT2D eigenvalue weighted by atomic mass is 16.5. The van der Waals surface area contributed by atoms with Crippen molar-refractivity contribution in [1.82, 2.24) is 5.32 Å². The maximum absolute atomic E-state index is 12.4. The molecule has 0 heterocycles. The summed E-state index contributed by atoms with van der Waals surface area (Å²) >= 11 is 0. The number of amides is 1. The van der Waals surface area contributed by atoms with E-state index in [9.17, 15) is 14.9 Å². The second-order valence-corrected chi connectivity index (χ2v) is 5.99. The van der Waals surface area contributed by atoms with Gasteiger partial charge in [-0.1, -0.05) is 31.4 Å². The molecular weight excluding hydrogens is 308 g/mol. The van der Waals surface area contributed by atoms with Gasteiger partial charge in [-0.25, -0.2) is 4.79 Å². The van der Waals surface area contributed by atoms with Crippen molar-refractivity contribution in [3.8, 4) is 11.8 Å². The number of nitriles is 1. The van der Waals surface area contributed by atoms with Gasteiger partial charge in [0.1, 0.15) is 16.9 Å². The number of esters is 1. The molecule has 1 atom stereocenters. The second kappa shape index (κ2) is 7.82. The van der Waals surface area contributed by atoms with Crippen LogP contribution in [0.5, 0.6) is 5.75 Å². The Morgan fingerprint density at radius 1 is 1.25 bits per heavy atom. The average molecular weight is 330 g/mol. The molecule has 24 heavy (non-hydrogen) atoms. The molecule has 128 valence electrons. The normalized spacial score (nSPS) is 17.2. The molecule has 1 saturated carbocycles. The van der Waals surface area contributed by atoms with E-state index in [1.165, 1.54) is 7.11 Å². The maximum atomic E-state index is 12.4. The third-order valence-corrected chi connectivity index (χ3v) is 4.25. The van der Waals surface area contributed by atoms with Crippen LogP contribution in [0.15, 0.2) is 24.3 Å². The van der Waals surface area contributed by atoms with Crippen LogP contribution in [0.4, 0.5) is 0 Å². The summed E-state index contributed by atoms with van der Waals surface area (Å²) in [5.74, 6) is -0.612. The number of nitrogens with zero attached hydrogens (tertiary/aromatic N) is 1. The van der Waals surface area contributed by atoms with Gasteiger partial charge in [-0.05, 0) is 31.9 Å². The molecule has 6 nitrogen and oxygen atoms in total. The molecule has 2 rings (SSSR count). The fourth-order valence-electron chi connectivity index (χ4n) is 2.85. The molecule has 1 aliphatic carbocycles. The smallest absolute Gasteiger partial charge is 0.341 e. The predicted octanol–water partition coefficient (Wildman–Crippen LogP) is 2.58. The number of ether oxygens (including phenoxy) is 2. The second-order valence-electron chi connectivity index (χ2n) is 5.99. The summed E-state index contributed by atoms with van der Waals surface area (Å²) < 4.78 is 10.4. The standard InChI is InChI=1S/C18H22N2O4/c1-13(16(21)20-18(12-19)10-6-3-7-11-18)24-15-9-5-4-8-14(15)17(22)23-2/h4-5,8-9,13H,3,6-7,10-11H2,1-2H3,(H,20,21)/t13-/m0/s1. The molecule has 1 N–H and O–H groups in total. The van der Waals surface area contributed by atoms with Gasteiger partial charge in [-0.2, -0.15) is 5.26 Å². The molecular formula is C18H22N2O4. The van der Waals surface area contributed by atoms with Gasteiger partial charge in [-0.3, -0.25) is 4.79 Å². The van der Waals surface area contributed by atoms with E-state index in [-0.39, 0.29) is 17.2 Å². The Bertz CT molecular complexity index is 645. The number of hydrogen-bond acceptors (Lipinski definition) is 5. The quantitative estimate of drug-likeness (QED) is 0.838. The van der Waals surface area contributed by atoms with Crippen LogP contribution in [0.2, 0.25) is 0 Å². The van der Waals surface area contributed by atoms with Crippen LogP contribution in [-0.2, 0) is 9.53 Å². The third kappa shape index (κ3) is 4.05. The molecule has 0 bridgehead atoms. The highest BCUT2D eigenvalue weighted by Crippen LogP contribution is 2.28. The topological polar surface area (TPSA) is 88.4 Å². The molecule has 1 aromatic carbocycles. The zero-order valence-electron chi connectivity index (χ0n) is 14.0. The maximum Gasteiger partial charge on any atom is 0.341 e. The van der Waals surface area contributed by atoms with Gasteiger partial charge in [-0.15, -0.1) is 0 Å². The van der Waals surface area contributed by atoms with E-state index >= 15 is 0 Å². The van der Waals surface area contributed by atoms with E-state index < -0.39 is 17.6 Å². The number of hydrogen-bond donors (Lipinski definition) is 1. The summed E-state index contributed by atoms with van der Waals surface area (Å²) in [6, 6.07) is 8.83. The summed E-state index contributed by atoms with van der Waals surface area (Å²) in [6.45, 7) is 1.59. The molecule has 0 unspecified atom stereocenters. The van der Waals surface area contributed by atoms with Crippen LogP contribution >= 0.6 is 0 Å². The number of rotatable bonds is 5. The Morgan fingerprint density at radius 2 is 1.92 bits per heavy atom. The summed E-state index contributed by atoms with van der Waals surface area (Å²) in [5.41, 5.74) is -0.554. The lowest BCUT2D eigenvalue weighted by molar-refractivity contribution is -0.129. The third-order valence-electron chi connectivity index (χ3n) is 4.25. The van der Waals surface area contributed by atoms with Gasteiger partial charge in [0.25, 0.3) is 5.91 Å². The van der Waals surface area contributed by atoms with E-state index in [1.54, 1.807) is 31.2 Å². The van der Waals surface area contributed by atoms with Crippen molar-refractivity contribution in [3.63, 3.8) is 0 Å². The Kier molecular flexibility index (Phi) is 5.80. The molecule has 1 aromatic rings. The van der Waals surface area contributed by atoms with Gasteiger partial charge in [0, 0.05) is 0 Å². The molecule has 1 aliphatic rings. The molecule has 0 radical (unpaired) electrons. The number of carbonyl (C=O) groups excluding carboxylic acids is 2. The fraction of sp³-hybridized carbons (Fsp3) is 0.500. The predicted molar refractivity (Wildman–Crippen MR) is 87.4 cm³/mol. The largest absolute Gasteiger partial charge is 0.480 e. The van der Waals surface area contributed by atoms with Gasteiger partial charge < -0.3 is 14.8 Å². The minimum absolute atomic E-state index is 0.257. The van der Waals surface area contributed by atoms with E-state index in [1.807, 2.05) is 0 Å². The number of carbonyl (C=O) groups is 2. The number of nitrogens with one attached hydrogen (secondary N) is 1. The molecule has 0 aliphatic heterocycles. The van der Waals surface area contributed by atoms with Crippen LogP contribution in [0, 0.1) is 11.3 Å². The summed E-state index contributed by atoms with van der Waals surface area (Å²) in [7, 11) is 1.29. The van der Waals surface area contributed by atoms with E-state index in [0.29, 0.717) is 12.8 Å². The van der Waals surface area contributed by atoms with Gasteiger partial charge in [0.15, 0.2) is 6.10 Å². The Morgan fingerprint density at radius 3 is 2.54 bits per heavy atom. The Hall–Kier alpha value is -2.55. The van der Waals surface area contributed by atoms with Crippen molar-refractivity contribution in [2.75, 3.05) is 7.11 Å². The first-order valence-electron chi connectivity index (χ1n) is 8.08. The minimum atomic E-state index is -0.831. The van der Waals surface area contributed by atoms with Crippen molar-refractivity contribution < 1.29 is 19.1 Å². The zero-order valence-corrected chi connectivity index (χ0v) is 14.0. The van der Waals surface area contributed by atoms with E-state index in [2.05, 4.69) is 11.4 Å².